The topological polar surface area (TPSA) is 75.9 Å². The van der Waals surface area contributed by atoms with E-state index in [1.165, 1.54) is 30.4 Å². The number of nitrogens with zero attached hydrogens (tertiary/aromatic N) is 2. The molecule has 0 spiro atoms. The summed E-state index contributed by atoms with van der Waals surface area (Å²) >= 11 is 0. The van der Waals surface area contributed by atoms with E-state index in [2.05, 4.69) is 38.8 Å². The van der Waals surface area contributed by atoms with E-state index in [4.69, 9.17) is 5.73 Å². The fraction of sp³-hybridized carbons (Fsp3) is 0.333. The zero-order valence-electron chi connectivity index (χ0n) is 11.6. The summed E-state index contributed by atoms with van der Waals surface area (Å²) in [6, 6.07) is 8.27. The molecular weight excluding hydrogens is 250 g/mol. The highest BCUT2D eigenvalue weighted by Gasteiger charge is 2.13. The zero-order valence-corrected chi connectivity index (χ0v) is 11.6. The van der Waals surface area contributed by atoms with E-state index in [-0.39, 0.29) is 5.95 Å². The second-order valence-corrected chi connectivity index (χ2v) is 5.02. The fourth-order valence-corrected chi connectivity index (χ4v) is 2.69. The predicted octanol–water partition coefficient (Wildman–Crippen LogP) is 2.72. The number of benzene rings is 1. The second-order valence-electron chi connectivity index (χ2n) is 5.02. The summed E-state index contributed by atoms with van der Waals surface area (Å²) in [6.07, 6.45) is 4.82. The van der Waals surface area contributed by atoms with Crippen LogP contribution in [0.25, 0.3) is 0 Å². The van der Waals surface area contributed by atoms with Gasteiger partial charge in [0.2, 0.25) is 5.95 Å². The normalized spacial score (nSPS) is 13.7. The molecule has 0 fully saturated rings. The lowest BCUT2D eigenvalue weighted by Gasteiger charge is -2.20. The molecule has 4 N–H and O–H groups in total. The van der Waals surface area contributed by atoms with Crippen molar-refractivity contribution in [1.82, 2.24) is 9.97 Å². The molecule has 2 aromatic rings. The second kappa shape index (κ2) is 5.36. The van der Waals surface area contributed by atoms with Crippen molar-refractivity contribution in [3.05, 3.63) is 35.4 Å². The van der Waals surface area contributed by atoms with Crippen LogP contribution in [0.2, 0.25) is 0 Å². The van der Waals surface area contributed by atoms with E-state index in [1.54, 1.807) is 0 Å². The minimum Gasteiger partial charge on any atom is -0.373 e. The maximum Gasteiger partial charge on any atom is 0.223 e. The average Bonchev–Trinajstić information content (AvgIpc) is 2.47. The van der Waals surface area contributed by atoms with Gasteiger partial charge in [0.15, 0.2) is 0 Å². The Kier molecular flexibility index (Phi) is 3.41. The van der Waals surface area contributed by atoms with Crippen LogP contribution in [0.5, 0.6) is 0 Å². The molecule has 0 radical (unpaired) electrons. The summed E-state index contributed by atoms with van der Waals surface area (Å²) in [5.74, 6) is 1.70. The molecule has 1 aliphatic rings. The predicted molar refractivity (Wildman–Crippen MR) is 82.4 cm³/mol. The highest BCUT2D eigenvalue weighted by Crippen LogP contribution is 2.29. The number of fused-ring (bicyclic) bond motifs is 1. The molecule has 5 nitrogen and oxygen atoms in total. The SMILES string of the molecule is CNc1cc(Nc2cccc3c2CCCC3)nc(N)n1. The van der Waals surface area contributed by atoms with Gasteiger partial charge in [0.05, 0.1) is 0 Å². The molecule has 0 unspecified atom stereocenters. The van der Waals surface area contributed by atoms with Crippen LogP contribution in [-0.2, 0) is 12.8 Å². The number of anilines is 4. The average molecular weight is 269 g/mol. The standard InChI is InChI=1S/C15H19N5/c1-17-13-9-14(20-15(16)19-13)18-12-8-4-6-10-5-2-3-7-11(10)12/h4,6,8-9H,2-3,5,7H2,1H3,(H4,16,17,18,19,20). The number of hydrogen-bond donors (Lipinski definition) is 3. The van der Waals surface area contributed by atoms with Crippen molar-refractivity contribution in [2.24, 2.45) is 0 Å². The van der Waals surface area contributed by atoms with E-state index in [1.807, 2.05) is 13.1 Å². The molecule has 20 heavy (non-hydrogen) atoms. The van der Waals surface area contributed by atoms with Gasteiger partial charge in [-0.2, -0.15) is 9.97 Å². The van der Waals surface area contributed by atoms with Gasteiger partial charge >= 0.3 is 0 Å². The van der Waals surface area contributed by atoms with Crippen LogP contribution in [0.15, 0.2) is 24.3 Å². The van der Waals surface area contributed by atoms with Crippen molar-refractivity contribution in [3.63, 3.8) is 0 Å². The molecule has 0 aliphatic heterocycles. The summed E-state index contributed by atoms with van der Waals surface area (Å²) in [5, 5.41) is 6.36. The summed E-state index contributed by atoms with van der Waals surface area (Å²) in [6.45, 7) is 0. The van der Waals surface area contributed by atoms with Crippen molar-refractivity contribution in [1.29, 1.82) is 0 Å². The van der Waals surface area contributed by atoms with Crippen LogP contribution in [0.4, 0.5) is 23.3 Å². The quantitative estimate of drug-likeness (QED) is 0.798. The van der Waals surface area contributed by atoms with Crippen molar-refractivity contribution in [2.45, 2.75) is 25.7 Å². The Morgan fingerprint density at radius 2 is 1.90 bits per heavy atom. The summed E-state index contributed by atoms with van der Waals surface area (Å²) in [7, 11) is 1.82. The van der Waals surface area contributed by atoms with E-state index < -0.39 is 0 Å². The molecule has 0 saturated carbocycles. The highest BCUT2D eigenvalue weighted by molar-refractivity contribution is 5.65. The maximum absolute atomic E-state index is 5.72. The first-order valence-electron chi connectivity index (χ1n) is 6.96. The lowest BCUT2D eigenvalue weighted by Crippen LogP contribution is -2.08. The molecule has 104 valence electrons. The number of rotatable bonds is 3. The smallest absolute Gasteiger partial charge is 0.223 e. The highest BCUT2D eigenvalue weighted by atomic mass is 15.1. The Hall–Kier alpha value is -2.30. The van der Waals surface area contributed by atoms with E-state index >= 15 is 0 Å². The summed E-state index contributed by atoms with van der Waals surface area (Å²) in [5.41, 5.74) is 9.70. The maximum atomic E-state index is 5.72. The number of nitrogens with one attached hydrogen (secondary N) is 2. The third kappa shape index (κ3) is 2.52. The summed E-state index contributed by atoms with van der Waals surface area (Å²) < 4.78 is 0. The Labute approximate surface area is 118 Å². The minimum absolute atomic E-state index is 0.268. The number of hydrogen-bond acceptors (Lipinski definition) is 5. The Balaban J connectivity index is 1.93. The molecule has 0 saturated heterocycles. The first-order chi connectivity index (χ1) is 9.76. The lowest BCUT2D eigenvalue weighted by molar-refractivity contribution is 0.687. The Morgan fingerprint density at radius 3 is 2.75 bits per heavy atom. The van der Waals surface area contributed by atoms with Crippen LogP contribution in [0.1, 0.15) is 24.0 Å². The third-order valence-electron chi connectivity index (χ3n) is 3.66. The van der Waals surface area contributed by atoms with Crippen LogP contribution < -0.4 is 16.4 Å². The van der Waals surface area contributed by atoms with Crippen molar-refractivity contribution >= 4 is 23.3 Å². The molecule has 5 heteroatoms. The van der Waals surface area contributed by atoms with Crippen molar-refractivity contribution in [3.8, 4) is 0 Å². The molecule has 3 rings (SSSR count). The summed E-state index contributed by atoms with van der Waals surface area (Å²) in [4.78, 5) is 8.34. The third-order valence-corrected chi connectivity index (χ3v) is 3.66. The molecule has 0 atom stereocenters. The van der Waals surface area contributed by atoms with Gasteiger partial charge in [0.25, 0.3) is 0 Å². The minimum atomic E-state index is 0.268. The van der Waals surface area contributed by atoms with Gasteiger partial charge in [0, 0.05) is 18.8 Å². The van der Waals surface area contributed by atoms with Crippen molar-refractivity contribution in [2.75, 3.05) is 23.4 Å². The zero-order chi connectivity index (χ0) is 13.9. The molecule has 1 aromatic carbocycles. The van der Waals surface area contributed by atoms with Gasteiger partial charge in [-0.1, -0.05) is 12.1 Å². The number of aromatic nitrogens is 2. The molecule has 0 amide bonds. The monoisotopic (exact) mass is 269 g/mol. The van der Waals surface area contributed by atoms with Crippen LogP contribution in [0, 0.1) is 0 Å². The number of nitrogens with two attached hydrogens (primary N) is 1. The number of nitrogen functional groups attached to an aromatic ring is 1. The molecular formula is C15H19N5. The van der Waals surface area contributed by atoms with Gasteiger partial charge in [-0.05, 0) is 42.9 Å². The van der Waals surface area contributed by atoms with E-state index in [0.29, 0.717) is 5.82 Å². The first-order valence-corrected chi connectivity index (χ1v) is 6.96. The van der Waals surface area contributed by atoms with Crippen LogP contribution in [-0.4, -0.2) is 17.0 Å². The van der Waals surface area contributed by atoms with Gasteiger partial charge in [-0.15, -0.1) is 0 Å². The lowest BCUT2D eigenvalue weighted by atomic mass is 9.90. The molecule has 1 aromatic heterocycles. The molecule has 0 bridgehead atoms. The van der Waals surface area contributed by atoms with Crippen LogP contribution in [0.3, 0.4) is 0 Å². The van der Waals surface area contributed by atoms with Gasteiger partial charge in [0.1, 0.15) is 11.6 Å². The number of aryl methyl sites for hydroxylation is 1. The first kappa shape index (κ1) is 12.7. The fourth-order valence-electron chi connectivity index (χ4n) is 2.69. The molecule has 1 heterocycles. The Bertz CT molecular complexity index is 624. The molecule has 1 aliphatic carbocycles. The van der Waals surface area contributed by atoms with E-state index in [9.17, 15) is 0 Å². The van der Waals surface area contributed by atoms with Crippen molar-refractivity contribution < 1.29 is 0 Å². The van der Waals surface area contributed by atoms with Crippen LogP contribution >= 0.6 is 0 Å². The van der Waals surface area contributed by atoms with Gasteiger partial charge < -0.3 is 16.4 Å². The largest absolute Gasteiger partial charge is 0.373 e. The van der Waals surface area contributed by atoms with E-state index in [0.717, 1.165) is 17.9 Å². The van der Waals surface area contributed by atoms with Gasteiger partial charge in [-0.3, -0.25) is 0 Å². The van der Waals surface area contributed by atoms with Gasteiger partial charge in [-0.25, -0.2) is 0 Å². The Morgan fingerprint density at radius 1 is 1.10 bits per heavy atom.